The van der Waals surface area contributed by atoms with E-state index in [2.05, 4.69) is 29.9 Å². The smallest absolute Gasteiger partial charge is 0.223 e. The minimum absolute atomic E-state index is 0.417. The predicted octanol–water partition coefficient (Wildman–Crippen LogP) is 0.0539. The molecule has 2 aromatic heterocycles. The summed E-state index contributed by atoms with van der Waals surface area (Å²) < 4.78 is 4.56. The number of hydrogen-bond acceptors (Lipinski definition) is 7. The molecule has 2 heterocycles. The van der Waals surface area contributed by atoms with Gasteiger partial charge in [-0.2, -0.15) is 4.98 Å². The Bertz CT molecular complexity index is 383. The number of nitrogen functional groups attached to an aromatic ring is 1. The molecule has 7 heteroatoms. The first-order chi connectivity index (χ1) is 6.84. The number of anilines is 2. The minimum Gasteiger partial charge on any atom is -0.396 e. The van der Waals surface area contributed by atoms with Crippen molar-refractivity contribution in [2.45, 2.75) is 6.54 Å². The highest BCUT2D eigenvalue weighted by atomic mass is 16.5. The second kappa shape index (κ2) is 3.69. The Balaban J connectivity index is 1.95. The van der Waals surface area contributed by atoms with E-state index >= 15 is 0 Å². The number of nitrogens with one attached hydrogen (secondary N) is 1. The lowest BCUT2D eigenvalue weighted by molar-refractivity contribution is 0.411. The Morgan fingerprint density at radius 2 is 2.07 bits per heavy atom. The molecule has 0 aromatic carbocycles. The molecule has 2 rings (SSSR count). The molecule has 0 saturated heterocycles. The SMILES string of the molecule is Nc1cnc(NCc2ncon2)nc1. The average molecular weight is 192 g/mol. The fourth-order valence-electron chi connectivity index (χ4n) is 0.858. The molecule has 0 aliphatic heterocycles. The summed E-state index contributed by atoms with van der Waals surface area (Å²) in [6.07, 6.45) is 4.30. The van der Waals surface area contributed by atoms with Gasteiger partial charge in [0.15, 0.2) is 5.82 Å². The summed E-state index contributed by atoms with van der Waals surface area (Å²) in [5, 5.41) is 6.53. The quantitative estimate of drug-likeness (QED) is 0.708. The zero-order valence-corrected chi connectivity index (χ0v) is 7.21. The maximum Gasteiger partial charge on any atom is 0.223 e. The van der Waals surface area contributed by atoms with Crippen LogP contribution in [0.1, 0.15) is 5.82 Å². The van der Waals surface area contributed by atoms with E-state index < -0.39 is 0 Å². The van der Waals surface area contributed by atoms with Crippen molar-refractivity contribution in [2.24, 2.45) is 0 Å². The molecular formula is C7H8N6O. The maximum atomic E-state index is 5.42. The minimum atomic E-state index is 0.417. The van der Waals surface area contributed by atoms with Crippen molar-refractivity contribution in [1.82, 2.24) is 20.1 Å². The fourth-order valence-corrected chi connectivity index (χ4v) is 0.858. The molecule has 7 nitrogen and oxygen atoms in total. The first-order valence-corrected chi connectivity index (χ1v) is 3.91. The van der Waals surface area contributed by atoms with Crippen LogP contribution >= 0.6 is 0 Å². The molecule has 72 valence electrons. The van der Waals surface area contributed by atoms with Gasteiger partial charge in [0.05, 0.1) is 24.6 Å². The van der Waals surface area contributed by atoms with Crippen molar-refractivity contribution in [3.05, 3.63) is 24.6 Å². The van der Waals surface area contributed by atoms with Crippen molar-refractivity contribution >= 4 is 11.6 Å². The molecule has 0 amide bonds. The van der Waals surface area contributed by atoms with E-state index in [1.54, 1.807) is 0 Å². The van der Waals surface area contributed by atoms with E-state index in [4.69, 9.17) is 5.73 Å². The summed E-state index contributed by atoms with van der Waals surface area (Å²) in [6, 6.07) is 0. The van der Waals surface area contributed by atoms with Crippen LogP contribution in [-0.4, -0.2) is 20.1 Å². The van der Waals surface area contributed by atoms with Gasteiger partial charge in [-0.25, -0.2) is 9.97 Å². The largest absolute Gasteiger partial charge is 0.396 e. The Hall–Kier alpha value is -2.18. The van der Waals surface area contributed by atoms with Gasteiger partial charge >= 0.3 is 0 Å². The number of nitrogens with two attached hydrogens (primary N) is 1. The zero-order chi connectivity index (χ0) is 9.80. The van der Waals surface area contributed by atoms with Crippen LogP contribution in [0.25, 0.3) is 0 Å². The number of nitrogens with zero attached hydrogens (tertiary/aromatic N) is 4. The molecule has 0 saturated carbocycles. The molecule has 2 aromatic rings. The van der Waals surface area contributed by atoms with Crippen molar-refractivity contribution in [2.75, 3.05) is 11.1 Å². The van der Waals surface area contributed by atoms with Crippen molar-refractivity contribution in [3.63, 3.8) is 0 Å². The van der Waals surface area contributed by atoms with Gasteiger partial charge in [-0.1, -0.05) is 5.16 Å². The van der Waals surface area contributed by atoms with E-state index in [1.165, 1.54) is 18.8 Å². The highest BCUT2D eigenvalue weighted by molar-refractivity contribution is 5.35. The molecule has 0 radical (unpaired) electrons. The van der Waals surface area contributed by atoms with Gasteiger partial charge in [0.25, 0.3) is 0 Å². The summed E-state index contributed by atoms with van der Waals surface area (Å²) in [6.45, 7) is 0.417. The predicted molar refractivity (Wildman–Crippen MR) is 48.1 cm³/mol. The monoisotopic (exact) mass is 192 g/mol. The van der Waals surface area contributed by atoms with Crippen molar-refractivity contribution in [3.8, 4) is 0 Å². The normalized spacial score (nSPS) is 10.0. The van der Waals surface area contributed by atoms with Crippen LogP contribution in [-0.2, 0) is 6.54 Å². The fraction of sp³-hybridized carbons (Fsp3) is 0.143. The van der Waals surface area contributed by atoms with E-state index in [-0.39, 0.29) is 0 Å². The first-order valence-electron chi connectivity index (χ1n) is 3.91. The molecule has 0 bridgehead atoms. The van der Waals surface area contributed by atoms with Gasteiger partial charge in [0.1, 0.15) is 0 Å². The lowest BCUT2D eigenvalue weighted by atomic mass is 10.5. The molecule has 0 spiro atoms. The van der Waals surface area contributed by atoms with E-state index in [0.29, 0.717) is 24.0 Å². The van der Waals surface area contributed by atoms with Crippen LogP contribution in [0, 0.1) is 0 Å². The molecule has 0 atom stereocenters. The van der Waals surface area contributed by atoms with Crippen molar-refractivity contribution in [1.29, 1.82) is 0 Å². The van der Waals surface area contributed by atoms with Crippen LogP contribution in [0.15, 0.2) is 23.3 Å². The van der Waals surface area contributed by atoms with E-state index in [0.717, 1.165) is 0 Å². The summed E-state index contributed by atoms with van der Waals surface area (Å²) in [5.41, 5.74) is 5.95. The summed E-state index contributed by atoms with van der Waals surface area (Å²) >= 11 is 0. The number of hydrogen-bond donors (Lipinski definition) is 2. The highest BCUT2D eigenvalue weighted by Crippen LogP contribution is 2.01. The number of aromatic nitrogens is 4. The van der Waals surface area contributed by atoms with Gasteiger partial charge in [0.2, 0.25) is 12.3 Å². The highest BCUT2D eigenvalue weighted by Gasteiger charge is 1.99. The third-order valence-corrected chi connectivity index (χ3v) is 1.48. The van der Waals surface area contributed by atoms with Crippen molar-refractivity contribution < 1.29 is 4.52 Å². The molecule has 0 aliphatic rings. The Morgan fingerprint density at radius 3 is 2.71 bits per heavy atom. The standard InChI is InChI=1S/C7H8N6O/c8-5-1-9-7(10-2-5)11-3-6-12-4-14-13-6/h1-2,4H,3,8H2,(H,9,10,11). The zero-order valence-electron chi connectivity index (χ0n) is 7.21. The summed E-state index contributed by atoms with van der Waals surface area (Å²) in [5.74, 6) is 1.02. The topological polar surface area (TPSA) is 103 Å². The summed E-state index contributed by atoms with van der Waals surface area (Å²) in [4.78, 5) is 11.7. The van der Waals surface area contributed by atoms with Gasteiger partial charge in [0, 0.05) is 0 Å². The Morgan fingerprint density at radius 1 is 1.29 bits per heavy atom. The average Bonchev–Trinajstić information content (AvgIpc) is 2.70. The molecular weight excluding hydrogens is 184 g/mol. The second-order valence-corrected chi connectivity index (χ2v) is 2.54. The molecule has 3 N–H and O–H groups in total. The van der Waals surface area contributed by atoms with Crippen LogP contribution < -0.4 is 11.1 Å². The summed E-state index contributed by atoms with van der Waals surface area (Å²) in [7, 11) is 0. The molecule has 0 aliphatic carbocycles. The van der Waals surface area contributed by atoms with Crippen LogP contribution in [0.3, 0.4) is 0 Å². The van der Waals surface area contributed by atoms with Crippen LogP contribution in [0.5, 0.6) is 0 Å². The van der Waals surface area contributed by atoms with Gasteiger partial charge in [-0.05, 0) is 0 Å². The van der Waals surface area contributed by atoms with Gasteiger partial charge in [-0.3, -0.25) is 0 Å². The molecule has 0 unspecified atom stereocenters. The maximum absolute atomic E-state index is 5.42. The lowest BCUT2D eigenvalue weighted by Crippen LogP contribution is -2.04. The van der Waals surface area contributed by atoms with Crippen LogP contribution in [0.4, 0.5) is 11.6 Å². The Kier molecular flexibility index (Phi) is 2.22. The van der Waals surface area contributed by atoms with Gasteiger partial charge in [-0.15, -0.1) is 0 Å². The lowest BCUT2D eigenvalue weighted by Gasteiger charge is -2.00. The van der Waals surface area contributed by atoms with Gasteiger partial charge < -0.3 is 15.6 Å². The third-order valence-electron chi connectivity index (χ3n) is 1.48. The van der Waals surface area contributed by atoms with Crippen LogP contribution in [0.2, 0.25) is 0 Å². The Labute approximate surface area is 79.4 Å². The molecule has 0 fully saturated rings. The molecule has 14 heavy (non-hydrogen) atoms. The van der Waals surface area contributed by atoms with E-state index in [1.807, 2.05) is 0 Å². The second-order valence-electron chi connectivity index (χ2n) is 2.54. The van der Waals surface area contributed by atoms with E-state index in [9.17, 15) is 0 Å². The number of rotatable bonds is 3. The first kappa shape index (κ1) is 8.42. The third kappa shape index (κ3) is 1.94.